The van der Waals surface area contributed by atoms with Crippen molar-refractivity contribution in [2.45, 2.75) is 20.4 Å². The maximum absolute atomic E-state index is 15.2. The number of nitrogens with one attached hydrogen (secondary N) is 1. The molecule has 0 atom stereocenters. The number of ketones is 1. The van der Waals surface area contributed by atoms with Gasteiger partial charge in [-0.05, 0) is 37.6 Å². The Balaban J connectivity index is 1.90. The molecule has 1 aliphatic heterocycles. The summed E-state index contributed by atoms with van der Waals surface area (Å²) in [5.41, 5.74) is 1.76. The van der Waals surface area contributed by atoms with E-state index >= 15 is 4.39 Å². The van der Waals surface area contributed by atoms with Gasteiger partial charge in [0.2, 0.25) is 0 Å². The Labute approximate surface area is 192 Å². The van der Waals surface area contributed by atoms with Gasteiger partial charge in [-0.15, -0.1) is 0 Å². The van der Waals surface area contributed by atoms with E-state index in [0.717, 1.165) is 0 Å². The summed E-state index contributed by atoms with van der Waals surface area (Å²) < 4.78 is 31.5. The number of hydrogen-bond acceptors (Lipinski definition) is 6. The van der Waals surface area contributed by atoms with Crippen LogP contribution in [0.15, 0.2) is 18.2 Å². The smallest absolute Gasteiger partial charge is 0.197 e. The molecule has 2 aromatic rings. The largest absolute Gasteiger partial charge is 0.493 e. The van der Waals surface area contributed by atoms with Crippen molar-refractivity contribution in [3.63, 3.8) is 0 Å². The molecule has 7 nitrogen and oxygen atoms in total. The lowest BCUT2D eigenvalue weighted by Crippen LogP contribution is -2.30. The van der Waals surface area contributed by atoms with Gasteiger partial charge < -0.3 is 24.0 Å². The van der Waals surface area contributed by atoms with Gasteiger partial charge >= 0.3 is 0 Å². The molecule has 0 unspecified atom stereocenters. The Morgan fingerprint density at radius 3 is 2.47 bits per heavy atom. The Morgan fingerprint density at radius 1 is 1.19 bits per heavy atom. The zero-order chi connectivity index (χ0) is 23.6. The topological polar surface area (TPSA) is 75.1 Å². The summed E-state index contributed by atoms with van der Waals surface area (Å²) in [6.07, 6.45) is 0. The lowest BCUT2D eigenvalue weighted by Gasteiger charge is -2.20. The highest BCUT2D eigenvalue weighted by atomic mass is 35.5. The molecular formula is C23H27ClFN3O4. The first-order valence-corrected chi connectivity index (χ1v) is 10.6. The molecule has 1 aliphatic rings. The van der Waals surface area contributed by atoms with Gasteiger partial charge in [0, 0.05) is 26.2 Å². The van der Waals surface area contributed by atoms with Crippen molar-refractivity contribution < 1.29 is 23.4 Å². The Hall–Kier alpha value is -3.00. The average molecular weight is 464 g/mol. The van der Waals surface area contributed by atoms with E-state index in [4.69, 9.17) is 31.2 Å². The second-order valence-corrected chi connectivity index (χ2v) is 7.86. The van der Waals surface area contributed by atoms with Crippen LogP contribution in [-0.2, 0) is 6.54 Å². The number of Topliss-reactive ketones (excluding diaryl/α,β-unsaturated/α-hetero) is 1. The maximum Gasteiger partial charge on any atom is 0.197 e. The summed E-state index contributed by atoms with van der Waals surface area (Å²) in [6.45, 7) is 4.28. The molecule has 172 valence electrons. The zero-order valence-corrected chi connectivity index (χ0v) is 19.6. The lowest BCUT2D eigenvalue weighted by atomic mass is 10.1. The molecular weight excluding hydrogens is 437 g/mol. The number of carbonyl (C=O) groups is 1. The second kappa shape index (κ2) is 9.65. The molecule has 1 heterocycles. The molecule has 0 bridgehead atoms. The summed E-state index contributed by atoms with van der Waals surface area (Å²) in [6, 6.07) is 4.92. The van der Waals surface area contributed by atoms with E-state index in [1.807, 2.05) is 14.1 Å². The van der Waals surface area contributed by atoms with E-state index in [-0.39, 0.29) is 42.6 Å². The highest BCUT2D eigenvalue weighted by Crippen LogP contribution is 2.39. The van der Waals surface area contributed by atoms with Crippen molar-refractivity contribution in [2.75, 3.05) is 45.9 Å². The van der Waals surface area contributed by atoms with Crippen LogP contribution in [0.2, 0.25) is 5.02 Å². The highest BCUT2D eigenvalue weighted by Gasteiger charge is 2.33. The number of methoxy groups -OCH3 is 1. The van der Waals surface area contributed by atoms with Crippen LogP contribution in [0.25, 0.3) is 0 Å². The van der Waals surface area contributed by atoms with E-state index in [1.165, 1.54) is 12.0 Å². The molecule has 32 heavy (non-hydrogen) atoms. The van der Waals surface area contributed by atoms with E-state index in [9.17, 15) is 4.79 Å². The average Bonchev–Trinajstić information content (AvgIpc) is 3.05. The third kappa shape index (κ3) is 4.32. The van der Waals surface area contributed by atoms with E-state index in [0.29, 0.717) is 39.9 Å². The van der Waals surface area contributed by atoms with E-state index < -0.39 is 5.82 Å². The fourth-order valence-electron chi connectivity index (χ4n) is 3.70. The van der Waals surface area contributed by atoms with Crippen molar-refractivity contribution >= 4 is 28.9 Å². The molecule has 0 aromatic heterocycles. The Morgan fingerprint density at radius 2 is 1.88 bits per heavy atom. The third-order valence-corrected chi connectivity index (χ3v) is 5.42. The van der Waals surface area contributed by atoms with Crippen LogP contribution >= 0.6 is 11.6 Å². The number of halogens is 2. The van der Waals surface area contributed by atoms with Gasteiger partial charge in [-0.3, -0.25) is 10.2 Å². The molecule has 0 amide bonds. The van der Waals surface area contributed by atoms with Gasteiger partial charge in [0.05, 0.1) is 43.1 Å². The predicted molar refractivity (Wildman–Crippen MR) is 123 cm³/mol. The number of ether oxygens (including phenoxy) is 3. The fourth-order valence-corrected chi connectivity index (χ4v) is 3.99. The molecule has 1 N–H and O–H groups in total. The van der Waals surface area contributed by atoms with Gasteiger partial charge in [-0.1, -0.05) is 11.6 Å². The fraction of sp³-hybridized carbons (Fsp3) is 0.391. The van der Waals surface area contributed by atoms with Crippen LogP contribution in [-0.4, -0.2) is 57.5 Å². The first kappa shape index (κ1) is 23.7. The number of amidine groups is 1. The van der Waals surface area contributed by atoms with Crippen molar-refractivity contribution in [1.29, 1.82) is 5.41 Å². The number of rotatable bonds is 9. The predicted octanol–water partition coefficient (Wildman–Crippen LogP) is 4.37. The third-order valence-electron chi connectivity index (χ3n) is 5.14. The van der Waals surface area contributed by atoms with Gasteiger partial charge in [0.25, 0.3) is 0 Å². The SMILES string of the molecule is CCOc1cc2c(c(F)c1OCC)C(=N)N(CC(=O)c1cc(Cl)c(OC)c(N(C)C)c1)C2. The van der Waals surface area contributed by atoms with Gasteiger partial charge in [0.1, 0.15) is 5.84 Å². The number of hydrogen-bond donors (Lipinski definition) is 1. The summed E-state index contributed by atoms with van der Waals surface area (Å²) in [5, 5.41) is 8.80. The summed E-state index contributed by atoms with van der Waals surface area (Å²) in [5.74, 6) is -0.195. The minimum atomic E-state index is -0.643. The number of nitrogens with zero attached hydrogens (tertiary/aromatic N) is 2. The van der Waals surface area contributed by atoms with Crippen molar-refractivity contribution in [1.82, 2.24) is 4.90 Å². The quantitative estimate of drug-likeness (QED) is 0.556. The monoisotopic (exact) mass is 463 g/mol. The Bertz CT molecular complexity index is 1060. The van der Waals surface area contributed by atoms with Gasteiger partial charge in [-0.25, -0.2) is 4.39 Å². The standard InChI is InChI=1S/C23H27ClFN3O4/c1-6-31-18-10-14-11-28(23(26)19(14)20(25)22(18)32-7-2)12-17(29)13-8-15(24)21(30-5)16(9-13)27(3)4/h8-10,26H,6-7,11-12H2,1-5H3. The molecule has 0 spiro atoms. The van der Waals surface area contributed by atoms with Crippen LogP contribution in [0.1, 0.15) is 35.3 Å². The van der Waals surface area contributed by atoms with Crippen molar-refractivity contribution in [3.8, 4) is 17.2 Å². The number of carbonyl (C=O) groups excluding carboxylic acids is 1. The van der Waals surface area contributed by atoms with Crippen LogP contribution in [0, 0.1) is 11.2 Å². The first-order valence-electron chi connectivity index (χ1n) is 10.3. The molecule has 0 aliphatic carbocycles. The molecule has 0 saturated carbocycles. The second-order valence-electron chi connectivity index (χ2n) is 7.45. The number of anilines is 1. The van der Waals surface area contributed by atoms with E-state index in [2.05, 4.69) is 0 Å². The van der Waals surface area contributed by atoms with Gasteiger partial charge in [0.15, 0.2) is 28.8 Å². The Kier molecular flexibility index (Phi) is 7.13. The summed E-state index contributed by atoms with van der Waals surface area (Å²) >= 11 is 6.32. The number of fused-ring (bicyclic) bond motifs is 1. The first-order chi connectivity index (χ1) is 15.2. The zero-order valence-electron chi connectivity index (χ0n) is 18.8. The normalized spacial score (nSPS) is 12.6. The molecule has 0 saturated heterocycles. The summed E-state index contributed by atoms with van der Waals surface area (Å²) in [7, 11) is 5.16. The van der Waals surface area contributed by atoms with Crippen molar-refractivity contribution in [2.24, 2.45) is 0 Å². The van der Waals surface area contributed by atoms with Gasteiger partial charge in [-0.2, -0.15) is 0 Å². The van der Waals surface area contributed by atoms with Crippen LogP contribution in [0.5, 0.6) is 17.2 Å². The van der Waals surface area contributed by atoms with Crippen LogP contribution in [0.4, 0.5) is 10.1 Å². The molecule has 2 aromatic carbocycles. The molecule has 9 heteroatoms. The lowest BCUT2D eigenvalue weighted by molar-refractivity contribution is 0.0962. The molecule has 0 radical (unpaired) electrons. The highest BCUT2D eigenvalue weighted by molar-refractivity contribution is 6.33. The van der Waals surface area contributed by atoms with E-state index in [1.54, 1.807) is 36.9 Å². The minimum absolute atomic E-state index is 0.0106. The summed E-state index contributed by atoms with van der Waals surface area (Å²) in [4.78, 5) is 16.4. The molecule has 0 fully saturated rings. The van der Waals surface area contributed by atoms with Crippen LogP contribution in [0.3, 0.4) is 0 Å². The number of benzene rings is 2. The maximum atomic E-state index is 15.2. The van der Waals surface area contributed by atoms with Crippen LogP contribution < -0.4 is 19.1 Å². The minimum Gasteiger partial charge on any atom is -0.493 e. The molecule has 3 rings (SSSR count). The van der Waals surface area contributed by atoms with Crippen molar-refractivity contribution in [3.05, 3.63) is 45.7 Å².